The summed E-state index contributed by atoms with van der Waals surface area (Å²) in [6, 6.07) is 12.9. The molecule has 3 rings (SSSR count). The largest absolute Gasteiger partial charge is 0.493 e. The minimum Gasteiger partial charge on any atom is -0.493 e. The van der Waals surface area contributed by atoms with E-state index in [2.05, 4.69) is 10.3 Å². The topological polar surface area (TPSA) is 69.2 Å². The fourth-order valence-electron chi connectivity index (χ4n) is 2.51. The van der Waals surface area contributed by atoms with Crippen LogP contribution in [0.2, 0.25) is 0 Å². The highest BCUT2D eigenvalue weighted by molar-refractivity contribution is 8.18. The Balaban J connectivity index is 1.84. The van der Waals surface area contributed by atoms with Crippen LogP contribution in [0.3, 0.4) is 0 Å². The number of hydrogen-bond donors (Lipinski definition) is 1. The number of thioether (sulfide) groups is 1. The molecular weight excluding hydrogens is 364 g/mol. The number of aliphatic imine (C=N–C) groups is 1. The molecule has 0 saturated carbocycles. The first-order valence-corrected chi connectivity index (χ1v) is 9.19. The van der Waals surface area contributed by atoms with Crippen molar-refractivity contribution in [2.75, 3.05) is 20.8 Å². The molecule has 140 valence electrons. The molecule has 0 spiro atoms. The maximum atomic E-state index is 12.3. The Bertz CT molecular complexity index is 909. The van der Waals surface area contributed by atoms with Gasteiger partial charge in [-0.05, 0) is 54.6 Å². The molecule has 6 nitrogen and oxygen atoms in total. The Labute approximate surface area is 162 Å². The number of amides is 1. The van der Waals surface area contributed by atoms with Crippen molar-refractivity contribution in [2.24, 2.45) is 4.99 Å². The minimum absolute atomic E-state index is 0.192. The summed E-state index contributed by atoms with van der Waals surface area (Å²) < 4.78 is 16.1. The van der Waals surface area contributed by atoms with Gasteiger partial charge >= 0.3 is 0 Å². The number of amidine groups is 1. The van der Waals surface area contributed by atoms with Gasteiger partial charge in [0.1, 0.15) is 11.4 Å². The lowest BCUT2D eigenvalue weighted by Gasteiger charge is -2.07. The summed E-state index contributed by atoms with van der Waals surface area (Å²) in [5, 5.41) is 3.30. The Hall–Kier alpha value is -2.93. The molecule has 1 amide bonds. The highest BCUT2D eigenvalue weighted by Gasteiger charge is 2.24. The van der Waals surface area contributed by atoms with Gasteiger partial charge in [0.05, 0.1) is 25.7 Å². The summed E-state index contributed by atoms with van der Waals surface area (Å²) >= 11 is 1.28. The van der Waals surface area contributed by atoms with Crippen molar-refractivity contribution < 1.29 is 19.0 Å². The quantitative estimate of drug-likeness (QED) is 0.763. The number of nitrogens with one attached hydrogen (secondary N) is 1. The van der Waals surface area contributed by atoms with Crippen LogP contribution in [0.1, 0.15) is 12.5 Å². The van der Waals surface area contributed by atoms with Crippen molar-refractivity contribution in [1.29, 1.82) is 0 Å². The third-order valence-electron chi connectivity index (χ3n) is 3.74. The molecule has 7 heteroatoms. The molecular formula is C20H20N2O4S. The zero-order valence-corrected chi connectivity index (χ0v) is 16.1. The van der Waals surface area contributed by atoms with E-state index < -0.39 is 0 Å². The van der Waals surface area contributed by atoms with Crippen LogP contribution in [0.25, 0.3) is 6.08 Å². The second-order valence-electron chi connectivity index (χ2n) is 5.50. The Kier molecular flexibility index (Phi) is 6.03. The normalized spacial score (nSPS) is 16.5. The van der Waals surface area contributed by atoms with Crippen molar-refractivity contribution in [1.82, 2.24) is 5.32 Å². The van der Waals surface area contributed by atoms with Crippen LogP contribution in [0.4, 0.5) is 5.69 Å². The van der Waals surface area contributed by atoms with Crippen LogP contribution < -0.4 is 19.5 Å². The minimum atomic E-state index is -0.192. The Morgan fingerprint density at radius 3 is 2.59 bits per heavy atom. The van der Waals surface area contributed by atoms with E-state index in [0.717, 1.165) is 5.56 Å². The molecule has 0 unspecified atom stereocenters. The number of benzene rings is 2. The standard InChI is InChI=1S/C20H20N2O4S/c1-4-26-15-8-6-5-7-14(15)21-20-22-19(23)18(27-20)12-13-9-10-16(24-2)17(11-13)25-3/h5-12H,4H2,1-3H3,(H,21,22,23)/b18-12+. The summed E-state index contributed by atoms with van der Waals surface area (Å²) in [4.78, 5) is 17.4. The van der Waals surface area contributed by atoms with Gasteiger partial charge in [0.15, 0.2) is 16.7 Å². The van der Waals surface area contributed by atoms with Crippen molar-refractivity contribution in [3.8, 4) is 17.2 Å². The van der Waals surface area contributed by atoms with Gasteiger partial charge in [0.2, 0.25) is 0 Å². The molecule has 1 aliphatic rings. The number of carbonyl (C=O) groups is 1. The van der Waals surface area contributed by atoms with Gasteiger partial charge in [0.25, 0.3) is 5.91 Å². The molecule has 1 heterocycles. The fourth-order valence-corrected chi connectivity index (χ4v) is 3.35. The predicted molar refractivity (Wildman–Crippen MR) is 108 cm³/mol. The molecule has 0 radical (unpaired) electrons. The highest BCUT2D eigenvalue weighted by Crippen LogP contribution is 2.33. The van der Waals surface area contributed by atoms with Crippen LogP contribution in [0.15, 0.2) is 52.4 Å². The van der Waals surface area contributed by atoms with E-state index in [4.69, 9.17) is 14.2 Å². The highest BCUT2D eigenvalue weighted by atomic mass is 32.2. The second-order valence-corrected chi connectivity index (χ2v) is 6.53. The van der Waals surface area contributed by atoms with Gasteiger partial charge in [-0.3, -0.25) is 4.79 Å². The third-order valence-corrected chi connectivity index (χ3v) is 4.65. The number of carbonyl (C=O) groups excluding carboxylic acids is 1. The number of para-hydroxylation sites is 2. The predicted octanol–water partition coefficient (Wildman–Crippen LogP) is 3.99. The molecule has 2 aromatic rings. The molecule has 1 saturated heterocycles. The maximum absolute atomic E-state index is 12.3. The van der Waals surface area contributed by atoms with Gasteiger partial charge < -0.3 is 19.5 Å². The zero-order valence-electron chi connectivity index (χ0n) is 15.3. The molecule has 2 aromatic carbocycles. The first-order chi connectivity index (χ1) is 13.1. The lowest BCUT2D eigenvalue weighted by atomic mass is 10.2. The molecule has 1 fully saturated rings. The number of nitrogens with zero attached hydrogens (tertiary/aromatic N) is 1. The average molecular weight is 384 g/mol. The van der Waals surface area contributed by atoms with Crippen molar-refractivity contribution >= 4 is 34.6 Å². The van der Waals surface area contributed by atoms with Gasteiger partial charge in [-0.25, -0.2) is 4.99 Å². The SMILES string of the molecule is CCOc1ccccc1N=C1NC(=O)/C(=C\c2ccc(OC)c(OC)c2)S1. The number of ether oxygens (including phenoxy) is 3. The molecule has 1 N–H and O–H groups in total. The van der Waals surface area contributed by atoms with E-state index in [9.17, 15) is 4.79 Å². The van der Waals surface area contributed by atoms with E-state index in [1.807, 2.05) is 43.3 Å². The van der Waals surface area contributed by atoms with Crippen molar-refractivity contribution in [2.45, 2.75) is 6.92 Å². The summed E-state index contributed by atoms with van der Waals surface area (Å²) in [6.45, 7) is 2.46. The zero-order chi connectivity index (χ0) is 19.2. The van der Waals surface area contributed by atoms with Crippen LogP contribution in [0.5, 0.6) is 17.2 Å². The van der Waals surface area contributed by atoms with Gasteiger partial charge in [0, 0.05) is 0 Å². The van der Waals surface area contributed by atoms with Gasteiger partial charge in [-0.2, -0.15) is 0 Å². The summed E-state index contributed by atoms with van der Waals surface area (Å²) in [5.74, 6) is 1.73. The van der Waals surface area contributed by atoms with E-state index in [1.54, 1.807) is 26.4 Å². The van der Waals surface area contributed by atoms with E-state index in [-0.39, 0.29) is 5.91 Å². The molecule has 27 heavy (non-hydrogen) atoms. The average Bonchev–Trinajstić information content (AvgIpc) is 3.02. The number of methoxy groups -OCH3 is 2. The van der Waals surface area contributed by atoms with E-state index in [1.165, 1.54) is 11.8 Å². The van der Waals surface area contributed by atoms with E-state index in [0.29, 0.717) is 39.6 Å². The van der Waals surface area contributed by atoms with Crippen molar-refractivity contribution in [3.63, 3.8) is 0 Å². The monoisotopic (exact) mass is 384 g/mol. The molecule has 0 aromatic heterocycles. The first-order valence-electron chi connectivity index (χ1n) is 8.38. The summed E-state index contributed by atoms with van der Waals surface area (Å²) in [7, 11) is 3.16. The van der Waals surface area contributed by atoms with Gasteiger partial charge in [-0.15, -0.1) is 0 Å². The Morgan fingerprint density at radius 2 is 1.85 bits per heavy atom. The summed E-state index contributed by atoms with van der Waals surface area (Å²) in [6.07, 6.45) is 1.79. The third kappa shape index (κ3) is 4.43. The Morgan fingerprint density at radius 1 is 1.07 bits per heavy atom. The van der Waals surface area contributed by atoms with Crippen LogP contribution in [0, 0.1) is 0 Å². The van der Waals surface area contributed by atoms with Gasteiger partial charge in [-0.1, -0.05) is 18.2 Å². The fraction of sp³-hybridized carbons (Fsp3) is 0.200. The molecule has 0 bridgehead atoms. The lowest BCUT2D eigenvalue weighted by molar-refractivity contribution is -0.115. The summed E-state index contributed by atoms with van der Waals surface area (Å²) in [5.41, 5.74) is 1.51. The molecule has 0 atom stereocenters. The van der Waals surface area contributed by atoms with E-state index >= 15 is 0 Å². The lowest BCUT2D eigenvalue weighted by Crippen LogP contribution is -2.19. The molecule has 0 aliphatic carbocycles. The number of rotatable bonds is 6. The first kappa shape index (κ1) is 18.8. The second kappa shape index (κ2) is 8.64. The van der Waals surface area contributed by atoms with Crippen LogP contribution in [-0.4, -0.2) is 31.9 Å². The van der Waals surface area contributed by atoms with Crippen LogP contribution in [-0.2, 0) is 4.79 Å². The number of hydrogen-bond acceptors (Lipinski definition) is 6. The van der Waals surface area contributed by atoms with Crippen LogP contribution >= 0.6 is 11.8 Å². The molecule has 1 aliphatic heterocycles. The smallest absolute Gasteiger partial charge is 0.264 e. The van der Waals surface area contributed by atoms with Crippen molar-refractivity contribution in [3.05, 3.63) is 52.9 Å². The maximum Gasteiger partial charge on any atom is 0.264 e.